The largest absolute Gasteiger partial charge is 0.481 e. The fourth-order valence-corrected chi connectivity index (χ4v) is 16.4. The molecule has 1 aromatic rings. The molecule has 9 heteroatoms. The van der Waals surface area contributed by atoms with Gasteiger partial charge in [0.1, 0.15) is 23.8 Å². The molecule has 1 aliphatic heterocycles. The maximum atomic E-state index is 12.8. The second-order valence-corrected chi connectivity index (χ2v) is 23.0. The Balaban J connectivity index is 1.01. The second-order valence-electron chi connectivity index (χ2n) is 21.3. The molecule has 0 amide bonds. The highest BCUT2D eigenvalue weighted by Crippen LogP contribution is 2.76. The van der Waals surface area contributed by atoms with Crippen molar-refractivity contribution in [3.63, 3.8) is 0 Å². The van der Waals surface area contributed by atoms with Crippen LogP contribution in [0.3, 0.4) is 0 Å². The number of aromatic nitrogens is 1. The molecular formula is C49H70N4O4S. The van der Waals surface area contributed by atoms with E-state index in [4.69, 9.17) is 4.74 Å². The van der Waals surface area contributed by atoms with Gasteiger partial charge >= 0.3 is 5.97 Å². The Hall–Kier alpha value is -2.80. The Morgan fingerprint density at radius 3 is 2.47 bits per heavy atom. The van der Waals surface area contributed by atoms with Crippen LogP contribution in [0.1, 0.15) is 124 Å². The molecule has 316 valence electrons. The van der Waals surface area contributed by atoms with Crippen molar-refractivity contribution in [3.8, 4) is 11.9 Å². The number of nitrogens with one attached hydrogen (secondary N) is 1. The molecule has 8 nitrogen and oxygen atoms in total. The highest BCUT2D eigenvalue weighted by atomic mass is 32.2. The number of carboxylic acid groups (broad SMARTS) is 1. The molecule has 1 aromatic heterocycles. The summed E-state index contributed by atoms with van der Waals surface area (Å²) in [5, 5.41) is 24.0. The van der Waals surface area contributed by atoms with Gasteiger partial charge < -0.3 is 20.1 Å². The molecule has 0 aromatic carbocycles. The van der Waals surface area contributed by atoms with Crippen LogP contribution in [0.4, 0.5) is 0 Å². The summed E-state index contributed by atoms with van der Waals surface area (Å²) in [5.74, 6) is 4.25. The standard InChI is InChI=1S/C49H70N4O4S/c1-33(2)36-15-22-49(51-25-26-53-27-29-58(56)30-28-53)24-23-46(6)38(42(36)49)11-12-40-45(5)18-16-37(44(3,4)39(45)17-19-47(40,46)7)34-13-20-48(21-14-34,43(54)55)32-57-41-10-8-9-35(31-50)52-41/h8-10,13,16,36,38-40,42,51H,1,11-12,14-15,17-30,32H2,2-7H3,(H,54,55)/t36-,38+,39-,40+,42+,45-,46+,47+,48?,49-/m0/s1. The van der Waals surface area contributed by atoms with E-state index in [-0.39, 0.29) is 39.5 Å². The summed E-state index contributed by atoms with van der Waals surface area (Å²) in [6.45, 7) is 24.1. The van der Waals surface area contributed by atoms with Crippen LogP contribution in [-0.4, -0.2) is 75.0 Å². The zero-order chi connectivity index (χ0) is 41.3. The van der Waals surface area contributed by atoms with Crippen LogP contribution in [0, 0.1) is 68.0 Å². The highest BCUT2D eigenvalue weighted by Gasteiger charge is 2.70. The number of rotatable bonds is 10. The van der Waals surface area contributed by atoms with E-state index in [1.54, 1.807) is 18.2 Å². The van der Waals surface area contributed by atoms with Crippen molar-refractivity contribution < 1.29 is 18.8 Å². The van der Waals surface area contributed by atoms with Gasteiger partial charge in [-0.05, 0) is 152 Å². The number of hydrogen-bond acceptors (Lipinski definition) is 7. The van der Waals surface area contributed by atoms with Gasteiger partial charge in [-0.25, -0.2) is 4.98 Å². The minimum Gasteiger partial charge on any atom is -0.481 e. The molecule has 6 aliphatic carbocycles. The summed E-state index contributed by atoms with van der Waals surface area (Å²) >= 11 is 0. The number of carbonyl (C=O) groups is 1. The molecule has 0 bridgehead atoms. The number of carboxylic acids is 1. The number of hydrogen-bond donors (Lipinski definition) is 2. The van der Waals surface area contributed by atoms with Crippen molar-refractivity contribution in [2.75, 3.05) is 44.3 Å². The Kier molecular flexibility index (Phi) is 11.0. The van der Waals surface area contributed by atoms with Crippen molar-refractivity contribution >= 4 is 16.8 Å². The molecule has 1 unspecified atom stereocenters. The van der Waals surface area contributed by atoms with E-state index in [9.17, 15) is 19.4 Å². The third-order valence-electron chi connectivity index (χ3n) is 18.6. The molecule has 5 fully saturated rings. The summed E-state index contributed by atoms with van der Waals surface area (Å²) < 4.78 is 18.0. The molecule has 0 spiro atoms. The predicted molar refractivity (Wildman–Crippen MR) is 232 cm³/mol. The van der Waals surface area contributed by atoms with Crippen LogP contribution >= 0.6 is 0 Å². The lowest BCUT2D eigenvalue weighted by molar-refractivity contribution is -0.221. The summed E-state index contributed by atoms with van der Waals surface area (Å²) in [7, 11) is -0.635. The molecule has 58 heavy (non-hydrogen) atoms. The van der Waals surface area contributed by atoms with E-state index in [0.717, 1.165) is 50.5 Å². The van der Waals surface area contributed by atoms with Gasteiger partial charge in [0.2, 0.25) is 5.88 Å². The Bertz CT molecular complexity index is 1930. The number of fused-ring (bicyclic) bond motifs is 7. The Morgan fingerprint density at radius 2 is 1.78 bits per heavy atom. The second kappa shape index (κ2) is 15.3. The van der Waals surface area contributed by atoms with Crippen molar-refractivity contribution in [1.82, 2.24) is 15.2 Å². The molecule has 4 saturated carbocycles. The summed E-state index contributed by atoms with van der Waals surface area (Å²) in [5.41, 5.74) is 4.35. The zero-order valence-corrected chi connectivity index (χ0v) is 37.2. The first-order chi connectivity index (χ1) is 27.5. The Labute approximate surface area is 351 Å². The van der Waals surface area contributed by atoms with Gasteiger partial charge in [-0.15, -0.1) is 0 Å². The molecule has 10 atom stereocenters. The topological polar surface area (TPSA) is 116 Å². The maximum absolute atomic E-state index is 12.8. The van der Waals surface area contributed by atoms with E-state index in [1.807, 2.05) is 6.07 Å². The van der Waals surface area contributed by atoms with Gasteiger partial charge in [0.15, 0.2) is 0 Å². The molecule has 2 N–H and O–H groups in total. The fourth-order valence-electron chi connectivity index (χ4n) is 15.3. The highest BCUT2D eigenvalue weighted by molar-refractivity contribution is 7.85. The average Bonchev–Trinajstić information content (AvgIpc) is 3.58. The smallest absolute Gasteiger partial charge is 0.313 e. The van der Waals surface area contributed by atoms with Crippen LogP contribution in [-0.2, 0) is 15.6 Å². The lowest BCUT2D eigenvalue weighted by atomic mass is 9.33. The minimum atomic E-state index is -1.02. The molecule has 2 heterocycles. The predicted octanol–water partition coefficient (Wildman–Crippen LogP) is 9.11. The van der Waals surface area contributed by atoms with Crippen LogP contribution in [0.15, 0.2) is 53.6 Å². The van der Waals surface area contributed by atoms with Crippen molar-refractivity contribution in [3.05, 3.63) is 59.3 Å². The minimum absolute atomic E-state index is 0.00910. The van der Waals surface area contributed by atoms with E-state index in [0.29, 0.717) is 48.3 Å². The Morgan fingerprint density at radius 1 is 1.00 bits per heavy atom. The maximum Gasteiger partial charge on any atom is 0.313 e. The summed E-state index contributed by atoms with van der Waals surface area (Å²) in [6, 6.07) is 7.06. The van der Waals surface area contributed by atoms with Gasteiger partial charge in [0.05, 0.1) is 0 Å². The number of pyridine rings is 1. The first-order valence-electron chi connectivity index (χ1n) is 22.6. The summed E-state index contributed by atoms with van der Waals surface area (Å²) in [6.07, 6.45) is 17.8. The fraction of sp³-hybridized carbons (Fsp3) is 0.735. The van der Waals surface area contributed by atoms with Crippen molar-refractivity contribution in [1.29, 1.82) is 5.26 Å². The molecule has 7 aliphatic rings. The number of ether oxygens (including phenoxy) is 1. The van der Waals surface area contributed by atoms with Crippen LogP contribution in [0.2, 0.25) is 0 Å². The average molecular weight is 811 g/mol. The van der Waals surface area contributed by atoms with Gasteiger partial charge in [0, 0.05) is 60.1 Å². The lowest BCUT2D eigenvalue weighted by Gasteiger charge is -2.72. The van der Waals surface area contributed by atoms with Gasteiger partial charge in [-0.2, -0.15) is 5.26 Å². The van der Waals surface area contributed by atoms with Crippen molar-refractivity contribution in [2.45, 2.75) is 124 Å². The first-order valence-corrected chi connectivity index (χ1v) is 24.1. The van der Waals surface area contributed by atoms with Crippen LogP contribution in [0.25, 0.3) is 0 Å². The van der Waals surface area contributed by atoms with E-state index in [2.05, 4.69) is 75.5 Å². The third-order valence-corrected chi connectivity index (χ3v) is 19.8. The third kappa shape index (κ3) is 6.69. The summed E-state index contributed by atoms with van der Waals surface area (Å²) in [4.78, 5) is 19.5. The van der Waals surface area contributed by atoms with E-state index >= 15 is 0 Å². The first kappa shape index (κ1) is 41.9. The molecule has 0 radical (unpaired) electrons. The molecule has 1 saturated heterocycles. The SMILES string of the molecule is C=C(C)[C@@H]1CC[C@]2(NCCN3CCS(=O)CC3)CC[C@]3(C)[C@H](CC[C@@H]4[C@@]5(C)CC=C(C6=CCC(COc7cccc(C#N)n7)(C(=O)O)CC6)C(C)(C)[C@@H]5CC[C@]43C)[C@@H]12. The quantitative estimate of drug-likeness (QED) is 0.225. The monoisotopic (exact) mass is 811 g/mol. The zero-order valence-electron chi connectivity index (χ0n) is 36.3. The molecular weight excluding hydrogens is 741 g/mol. The number of nitriles is 1. The number of aliphatic carboxylic acids is 1. The lowest BCUT2D eigenvalue weighted by Crippen LogP contribution is -2.68. The van der Waals surface area contributed by atoms with Gasteiger partial charge in [-0.3, -0.25) is 9.00 Å². The van der Waals surface area contributed by atoms with Gasteiger partial charge in [-0.1, -0.05) is 65.0 Å². The normalized spacial score (nSPS) is 41.1. The number of allylic oxidation sites excluding steroid dienone is 5. The van der Waals surface area contributed by atoms with Gasteiger partial charge in [0.25, 0.3) is 0 Å². The number of nitrogens with zero attached hydrogens (tertiary/aromatic N) is 3. The van der Waals surface area contributed by atoms with E-state index in [1.165, 1.54) is 68.1 Å². The molecule has 8 rings (SSSR count). The van der Waals surface area contributed by atoms with Crippen molar-refractivity contribution in [2.24, 2.45) is 56.7 Å². The van der Waals surface area contributed by atoms with Crippen LogP contribution in [0.5, 0.6) is 5.88 Å². The van der Waals surface area contributed by atoms with E-state index < -0.39 is 22.2 Å². The van der Waals surface area contributed by atoms with Crippen LogP contribution < -0.4 is 10.1 Å².